The number of hydrogen-bond donors (Lipinski definition) is 0. The maximum absolute atomic E-state index is 12.2. The van der Waals surface area contributed by atoms with Crippen LogP contribution in [0.15, 0.2) is 30.3 Å². The van der Waals surface area contributed by atoms with Crippen LogP contribution in [-0.2, 0) is 24.2 Å². The maximum Gasteiger partial charge on any atom is 0.348 e. The third-order valence-corrected chi connectivity index (χ3v) is 5.17. The first kappa shape index (κ1) is 14.8. The van der Waals surface area contributed by atoms with Crippen molar-refractivity contribution >= 4 is 17.3 Å². The number of aryl methyl sites for hydroxylation is 1. The first-order valence-electron chi connectivity index (χ1n) is 7.43. The van der Waals surface area contributed by atoms with Crippen molar-refractivity contribution in [3.8, 4) is 6.07 Å². The van der Waals surface area contributed by atoms with Gasteiger partial charge in [-0.15, -0.1) is 11.3 Å². The quantitative estimate of drug-likeness (QED) is 0.802. The molecule has 1 heterocycles. The molecule has 0 saturated heterocycles. The Morgan fingerprint density at radius 1 is 1.45 bits per heavy atom. The second kappa shape index (κ2) is 6.33. The third kappa shape index (κ3) is 3.20. The van der Waals surface area contributed by atoms with Gasteiger partial charge in [0.15, 0.2) is 0 Å². The molecule has 0 radical (unpaired) electrons. The molecule has 22 heavy (non-hydrogen) atoms. The zero-order chi connectivity index (χ0) is 15.5. The second-order valence-electron chi connectivity index (χ2n) is 5.80. The summed E-state index contributed by atoms with van der Waals surface area (Å²) < 4.78 is 5.38. The van der Waals surface area contributed by atoms with Crippen LogP contribution < -0.4 is 0 Å². The summed E-state index contributed by atoms with van der Waals surface area (Å²) in [5.41, 5.74) is 2.72. The molecule has 4 heteroatoms. The van der Waals surface area contributed by atoms with E-state index in [4.69, 9.17) is 10.00 Å². The predicted octanol–water partition coefficient (Wildman–Crippen LogP) is 4.10. The summed E-state index contributed by atoms with van der Waals surface area (Å²) in [5.74, 6) is 0.425. The van der Waals surface area contributed by atoms with E-state index in [0.717, 1.165) is 18.4 Å². The number of nitrogens with zero attached hydrogens (tertiary/aromatic N) is 1. The number of fused-ring (bicyclic) bond motifs is 1. The van der Waals surface area contributed by atoms with Gasteiger partial charge in [-0.1, -0.05) is 19.1 Å². The predicted molar refractivity (Wildman–Crippen MR) is 85.8 cm³/mol. The zero-order valence-electron chi connectivity index (χ0n) is 12.5. The average Bonchev–Trinajstić information content (AvgIpc) is 2.96. The zero-order valence-corrected chi connectivity index (χ0v) is 13.3. The molecule has 0 bridgehead atoms. The molecule has 0 N–H and O–H groups in total. The van der Waals surface area contributed by atoms with Crippen LogP contribution in [0.3, 0.4) is 0 Å². The average molecular weight is 311 g/mol. The van der Waals surface area contributed by atoms with Gasteiger partial charge in [-0.3, -0.25) is 0 Å². The van der Waals surface area contributed by atoms with Crippen LogP contribution in [-0.4, -0.2) is 5.97 Å². The summed E-state index contributed by atoms with van der Waals surface area (Å²) in [6.07, 6.45) is 3.32. The fourth-order valence-corrected chi connectivity index (χ4v) is 3.86. The number of thiophene rings is 1. The summed E-state index contributed by atoms with van der Waals surface area (Å²) in [6.45, 7) is 2.45. The SMILES string of the molecule is C[C@@H]1CCc2sc(C(=O)OCc3cccc(C#N)c3)cc2C1. The van der Waals surface area contributed by atoms with Gasteiger partial charge >= 0.3 is 5.97 Å². The molecule has 1 aromatic heterocycles. The first-order chi connectivity index (χ1) is 10.7. The molecular weight excluding hydrogens is 294 g/mol. The van der Waals surface area contributed by atoms with Gasteiger partial charge in [0.25, 0.3) is 0 Å². The number of hydrogen-bond acceptors (Lipinski definition) is 4. The number of carbonyl (C=O) groups is 1. The Hall–Kier alpha value is -2.12. The lowest BCUT2D eigenvalue weighted by Crippen LogP contribution is -2.08. The van der Waals surface area contributed by atoms with E-state index in [9.17, 15) is 4.79 Å². The van der Waals surface area contributed by atoms with E-state index in [1.807, 2.05) is 12.1 Å². The van der Waals surface area contributed by atoms with Crippen molar-refractivity contribution in [1.82, 2.24) is 0 Å². The molecule has 1 atom stereocenters. The van der Waals surface area contributed by atoms with Gasteiger partial charge in [0.1, 0.15) is 11.5 Å². The van der Waals surface area contributed by atoms with Crippen molar-refractivity contribution in [3.63, 3.8) is 0 Å². The Kier molecular flexibility index (Phi) is 4.26. The lowest BCUT2D eigenvalue weighted by Gasteiger charge is -2.16. The molecule has 0 aliphatic heterocycles. The van der Waals surface area contributed by atoms with Crippen molar-refractivity contribution < 1.29 is 9.53 Å². The van der Waals surface area contributed by atoms with Crippen LogP contribution in [0, 0.1) is 17.2 Å². The van der Waals surface area contributed by atoms with Gasteiger partial charge in [0, 0.05) is 4.88 Å². The third-order valence-electron chi connectivity index (χ3n) is 3.96. The Morgan fingerprint density at radius 2 is 2.32 bits per heavy atom. The Balaban J connectivity index is 1.66. The highest BCUT2D eigenvalue weighted by molar-refractivity contribution is 7.14. The largest absolute Gasteiger partial charge is 0.457 e. The van der Waals surface area contributed by atoms with E-state index in [0.29, 0.717) is 16.4 Å². The first-order valence-corrected chi connectivity index (χ1v) is 8.25. The molecule has 112 valence electrons. The number of esters is 1. The molecule has 0 unspecified atom stereocenters. The Bertz CT molecular complexity index is 742. The van der Waals surface area contributed by atoms with E-state index < -0.39 is 0 Å². The Labute approximate surface area is 134 Å². The molecule has 1 aromatic carbocycles. The summed E-state index contributed by atoms with van der Waals surface area (Å²) >= 11 is 1.56. The topological polar surface area (TPSA) is 50.1 Å². The number of carbonyl (C=O) groups excluding carboxylic acids is 1. The Morgan fingerprint density at radius 3 is 3.14 bits per heavy atom. The molecule has 1 aliphatic rings. The minimum absolute atomic E-state index is 0.202. The fourth-order valence-electron chi connectivity index (χ4n) is 2.76. The van der Waals surface area contributed by atoms with Crippen molar-refractivity contribution in [2.75, 3.05) is 0 Å². The molecule has 0 saturated carbocycles. The van der Waals surface area contributed by atoms with E-state index in [1.165, 1.54) is 16.9 Å². The van der Waals surface area contributed by atoms with E-state index in [2.05, 4.69) is 13.0 Å². The minimum Gasteiger partial charge on any atom is -0.457 e. The monoisotopic (exact) mass is 311 g/mol. The van der Waals surface area contributed by atoms with Crippen LogP contribution in [0.4, 0.5) is 0 Å². The number of ether oxygens (including phenoxy) is 1. The van der Waals surface area contributed by atoms with Crippen LogP contribution in [0.2, 0.25) is 0 Å². The summed E-state index contributed by atoms with van der Waals surface area (Å²) in [7, 11) is 0. The van der Waals surface area contributed by atoms with Crippen LogP contribution in [0.1, 0.15) is 44.6 Å². The lowest BCUT2D eigenvalue weighted by atomic mass is 9.90. The summed E-state index contributed by atoms with van der Waals surface area (Å²) in [5, 5.41) is 8.88. The number of rotatable bonds is 3. The highest BCUT2D eigenvalue weighted by atomic mass is 32.1. The van der Waals surface area contributed by atoms with Crippen LogP contribution >= 0.6 is 11.3 Å². The molecule has 0 fully saturated rings. The highest BCUT2D eigenvalue weighted by Gasteiger charge is 2.21. The van der Waals surface area contributed by atoms with Crippen LogP contribution in [0.5, 0.6) is 0 Å². The molecule has 0 amide bonds. The van der Waals surface area contributed by atoms with Crippen molar-refractivity contribution in [1.29, 1.82) is 5.26 Å². The number of benzene rings is 1. The second-order valence-corrected chi connectivity index (χ2v) is 6.93. The van der Waals surface area contributed by atoms with E-state index in [-0.39, 0.29) is 12.6 Å². The van der Waals surface area contributed by atoms with Gasteiger partial charge in [0.2, 0.25) is 0 Å². The molecule has 1 aliphatic carbocycles. The van der Waals surface area contributed by atoms with Gasteiger partial charge in [-0.25, -0.2) is 4.79 Å². The number of nitriles is 1. The fraction of sp³-hybridized carbons (Fsp3) is 0.333. The van der Waals surface area contributed by atoms with Gasteiger partial charge < -0.3 is 4.74 Å². The van der Waals surface area contributed by atoms with Gasteiger partial charge in [-0.05, 0) is 54.5 Å². The molecule has 3 rings (SSSR count). The van der Waals surface area contributed by atoms with Gasteiger partial charge in [0.05, 0.1) is 11.6 Å². The minimum atomic E-state index is -0.269. The maximum atomic E-state index is 12.2. The molecular formula is C18H17NO2S. The molecule has 3 nitrogen and oxygen atoms in total. The highest BCUT2D eigenvalue weighted by Crippen LogP contribution is 2.32. The summed E-state index contributed by atoms with van der Waals surface area (Å²) in [6, 6.07) is 11.2. The van der Waals surface area contributed by atoms with Crippen molar-refractivity contribution in [2.24, 2.45) is 5.92 Å². The lowest BCUT2D eigenvalue weighted by molar-refractivity contribution is 0.0478. The summed E-state index contributed by atoms with van der Waals surface area (Å²) in [4.78, 5) is 14.2. The smallest absolute Gasteiger partial charge is 0.348 e. The van der Waals surface area contributed by atoms with E-state index in [1.54, 1.807) is 29.5 Å². The van der Waals surface area contributed by atoms with Crippen LogP contribution in [0.25, 0.3) is 0 Å². The normalized spacial score (nSPS) is 16.6. The van der Waals surface area contributed by atoms with Crippen molar-refractivity contribution in [3.05, 3.63) is 56.8 Å². The van der Waals surface area contributed by atoms with E-state index >= 15 is 0 Å². The van der Waals surface area contributed by atoms with Crippen molar-refractivity contribution in [2.45, 2.75) is 32.8 Å². The molecule has 2 aromatic rings. The standard InChI is InChI=1S/C18H17NO2S/c1-12-5-6-16-15(7-12)9-17(22-16)18(20)21-11-14-4-2-3-13(8-14)10-19/h2-4,8-9,12H,5-7,11H2,1H3/t12-/m1/s1. The molecule has 0 spiro atoms. The van der Waals surface area contributed by atoms with Gasteiger partial charge in [-0.2, -0.15) is 5.26 Å².